The third kappa shape index (κ3) is 8.20. The summed E-state index contributed by atoms with van der Waals surface area (Å²) < 4.78 is 5.19. The van der Waals surface area contributed by atoms with Crippen LogP contribution in [-0.4, -0.2) is 22.4 Å². The molecule has 0 aliphatic heterocycles. The van der Waals surface area contributed by atoms with Crippen LogP contribution in [0.4, 0.5) is 0 Å². The van der Waals surface area contributed by atoms with Crippen LogP contribution in [0.2, 0.25) is 38.4 Å². The molecule has 0 bridgehead atoms. The summed E-state index contributed by atoms with van der Waals surface area (Å²) in [5.74, 6) is -0.365. The molecule has 0 aliphatic carbocycles. The molecule has 0 heterocycles. The van der Waals surface area contributed by atoms with Crippen LogP contribution in [0.25, 0.3) is 0 Å². The van der Waals surface area contributed by atoms with Crippen molar-refractivity contribution in [3.8, 4) is 0 Å². The fourth-order valence-corrected chi connectivity index (χ4v) is 12.3. The molecule has 78 valence electrons. The Balaban J connectivity index is 4.01. The van der Waals surface area contributed by atoms with Crippen LogP contribution in [-0.2, 0) is 14.3 Å². The van der Waals surface area contributed by atoms with E-state index in [4.69, 9.17) is 4.58 Å². The summed E-state index contributed by atoms with van der Waals surface area (Å²) in [4.78, 5) is 15.1. The minimum Gasteiger partial charge on any atom is -0.310 e. The molecule has 0 atom stereocenters. The molecule has 0 amide bonds. The van der Waals surface area contributed by atoms with E-state index in [9.17, 15) is 4.79 Å². The highest BCUT2D eigenvalue weighted by molar-refractivity contribution is 6.91. The first-order chi connectivity index (χ1) is 5.62. The second kappa shape index (κ2) is 4.39. The van der Waals surface area contributed by atoms with Crippen molar-refractivity contribution in [1.29, 1.82) is 0 Å². The summed E-state index contributed by atoms with van der Waals surface area (Å²) in [5, 5.41) is 0. The van der Waals surface area contributed by atoms with E-state index in [1.807, 2.05) is 0 Å². The zero-order valence-electron chi connectivity index (χ0n) is 9.43. The van der Waals surface area contributed by atoms with Crippen molar-refractivity contribution in [3.05, 3.63) is 0 Å². The van der Waals surface area contributed by atoms with Gasteiger partial charge in [-0.25, -0.2) is 9.37 Å². The van der Waals surface area contributed by atoms with Gasteiger partial charge in [-0.15, -0.1) is 0 Å². The lowest BCUT2D eigenvalue weighted by atomic mass is 10.9. The second-order valence-corrected chi connectivity index (χ2v) is 15.4. The van der Waals surface area contributed by atoms with Gasteiger partial charge in [0.2, 0.25) is 8.32 Å². The predicted molar refractivity (Wildman–Crippen MR) is 58.5 cm³/mol. The Labute approximate surface area is 82.5 Å². The standard InChI is InChI=1S/C8H20O3Si2/c1-8(9)10-11-13(5,6)7-12(2,3)4/h7H2,1-6H3. The van der Waals surface area contributed by atoms with Crippen LogP contribution < -0.4 is 0 Å². The molecule has 0 saturated heterocycles. The molecule has 0 aliphatic rings. The van der Waals surface area contributed by atoms with Gasteiger partial charge in [-0.3, -0.25) is 0 Å². The molecule has 13 heavy (non-hydrogen) atoms. The monoisotopic (exact) mass is 220 g/mol. The first kappa shape index (κ1) is 12.9. The number of carbonyl (C=O) groups is 1. The molecule has 0 spiro atoms. The zero-order chi connectivity index (χ0) is 10.7. The molecule has 3 nitrogen and oxygen atoms in total. The fourth-order valence-electron chi connectivity index (χ4n) is 1.48. The van der Waals surface area contributed by atoms with Crippen molar-refractivity contribution >= 4 is 22.4 Å². The summed E-state index contributed by atoms with van der Waals surface area (Å²) >= 11 is 0. The molecular formula is C8H20O3Si2. The van der Waals surface area contributed by atoms with E-state index in [0.717, 1.165) is 5.67 Å². The number of rotatable bonds is 4. The van der Waals surface area contributed by atoms with E-state index in [1.165, 1.54) is 6.92 Å². The zero-order valence-corrected chi connectivity index (χ0v) is 11.4. The number of hydrogen-bond donors (Lipinski definition) is 0. The van der Waals surface area contributed by atoms with Gasteiger partial charge in [0.1, 0.15) is 0 Å². The summed E-state index contributed by atoms with van der Waals surface area (Å²) in [6.07, 6.45) is 0. The Hall–Kier alpha value is -0.136. The smallest absolute Gasteiger partial charge is 0.310 e. The minimum absolute atomic E-state index is 0.365. The SMILES string of the molecule is CC(=O)OO[Si](C)(C)C[Si](C)(C)C. The minimum atomic E-state index is -1.78. The van der Waals surface area contributed by atoms with E-state index in [-0.39, 0.29) is 5.97 Å². The van der Waals surface area contributed by atoms with E-state index < -0.39 is 16.4 Å². The number of hydrogen-bond acceptors (Lipinski definition) is 3. The van der Waals surface area contributed by atoms with Gasteiger partial charge in [0.05, 0.1) is 0 Å². The highest BCUT2D eigenvalue weighted by atomic mass is 28.4. The lowest BCUT2D eigenvalue weighted by molar-refractivity contribution is -0.217. The van der Waals surface area contributed by atoms with Crippen molar-refractivity contribution in [2.75, 3.05) is 0 Å². The van der Waals surface area contributed by atoms with Crippen molar-refractivity contribution in [2.24, 2.45) is 0 Å². The third-order valence-corrected chi connectivity index (χ3v) is 9.52. The third-order valence-electron chi connectivity index (χ3n) is 1.34. The fraction of sp³-hybridized carbons (Fsp3) is 0.875. The van der Waals surface area contributed by atoms with E-state index in [1.54, 1.807) is 0 Å². The van der Waals surface area contributed by atoms with E-state index in [0.29, 0.717) is 0 Å². The van der Waals surface area contributed by atoms with E-state index in [2.05, 4.69) is 37.6 Å². The highest BCUT2D eigenvalue weighted by Gasteiger charge is 2.32. The van der Waals surface area contributed by atoms with Gasteiger partial charge in [0.15, 0.2) is 0 Å². The van der Waals surface area contributed by atoms with Gasteiger partial charge in [0, 0.05) is 15.0 Å². The van der Waals surface area contributed by atoms with Crippen LogP contribution >= 0.6 is 0 Å². The van der Waals surface area contributed by atoms with Crippen molar-refractivity contribution in [2.45, 2.75) is 45.3 Å². The van der Waals surface area contributed by atoms with Gasteiger partial charge >= 0.3 is 5.97 Å². The maximum absolute atomic E-state index is 10.5. The van der Waals surface area contributed by atoms with Gasteiger partial charge in [-0.05, 0) is 18.8 Å². The van der Waals surface area contributed by atoms with Gasteiger partial charge in [0.25, 0.3) is 0 Å². The Kier molecular flexibility index (Phi) is 4.34. The average molecular weight is 220 g/mol. The molecule has 5 heteroatoms. The average Bonchev–Trinajstić information content (AvgIpc) is 1.78. The Morgan fingerprint density at radius 3 is 1.92 bits per heavy atom. The summed E-state index contributed by atoms with van der Waals surface area (Å²) in [6, 6.07) is 0. The molecule has 0 N–H and O–H groups in total. The normalized spacial score (nSPS) is 12.8. The van der Waals surface area contributed by atoms with Crippen LogP contribution in [0.3, 0.4) is 0 Å². The number of carbonyl (C=O) groups excluding carboxylic acids is 1. The molecule has 0 aromatic heterocycles. The quantitative estimate of drug-likeness (QED) is 0.415. The summed E-state index contributed by atoms with van der Waals surface area (Å²) in [7, 11) is -2.90. The van der Waals surface area contributed by atoms with Gasteiger partial charge < -0.3 is 4.89 Å². The van der Waals surface area contributed by atoms with Crippen LogP contribution in [0.5, 0.6) is 0 Å². The lowest BCUT2D eigenvalue weighted by Crippen LogP contribution is -2.40. The molecule has 0 unspecified atom stereocenters. The topological polar surface area (TPSA) is 35.5 Å². The first-order valence-electron chi connectivity index (χ1n) is 4.49. The highest BCUT2D eigenvalue weighted by Crippen LogP contribution is 2.20. The Bertz CT molecular complexity index is 184. The van der Waals surface area contributed by atoms with Crippen molar-refractivity contribution < 1.29 is 14.3 Å². The summed E-state index contributed by atoms with van der Waals surface area (Å²) in [6.45, 7) is 12.4. The van der Waals surface area contributed by atoms with Crippen LogP contribution in [0.1, 0.15) is 6.92 Å². The van der Waals surface area contributed by atoms with Crippen molar-refractivity contribution in [3.63, 3.8) is 0 Å². The molecule has 0 fully saturated rings. The van der Waals surface area contributed by atoms with E-state index >= 15 is 0 Å². The lowest BCUT2D eigenvalue weighted by Gasteiger charge is -2.26. The molecule has 0 rings (SSSR count). The Morgan fingerprint density at radius 2 is 1.62 bits per heavy atom. The predicted octanol–water partition coefficient (Wildman–Crippen LogP) is 2.56. The largest absolute Gasteiger partial charge is 0.337 e. The maximum atomic E-state index is 10.5. The summed E-state index contributed by atoms with van der Waals surface area (Å²) in [5.41, 5.74) is 1.10. The molecule has 0 aromatic carbocycles. The molecule has 0 saturated carbocycles. The maximum Gasteiger partial charge on any atom is 0.337 e. The first-order valence-corrected chi connectivity index (χ1v) is 11.3. The molecule has 0 radical (unpaired) electrons. The van der Waals surface area contributed by atoms with Crippen molar-refractivity contribution in [1.82, 2.24) is 0 Å². The van der Waals surface area contributed by atoms with Gasteiger partial charge in [-0.1, -0.05) is 19.6 Å². The molecule has 0 aromatic rings. The Morgan fingerprint density at radius 1 is 1.15 bits per heavy atom. The van der Waals surface area contributed by atoms with Gasteiger partial charge in [-0.2, -0.15) is 0 Å². The van der Waals surface area contributed by atoms with Crippen LogP contribution in [0.15, 0.2) is 0 Å². The molecular weight excluding hydrogens is 200 g/mol. The van der Waals surface area contributed by atoms with Crippen LogP contribution in [0, 0.1) is 0 Å². The second-order valence-electron chi connectivity index (χ2n) is 5.16.